The van der Waals surface area contributed by atoms with Gasteiger partial charge in [-0.25, -0.2) is 0 Å². The molecule has 0 aromatic heterocycles. The second-order valence-electron chi connectivity index (χ2n) is 11.8. The third kappa shape index (κ3) is 11.6. The second kappa shape index (κ2) is 18.8. The van der Waals surface area contributed by atoms with Gasteiger partial charge in [-0.1, -0.05) is 174 Å². The molecule has 0 aromatic rings. The van der Waals surface area contributed by atoms with E-state index in [4.69, 9.17) is 0 Å². The van der Waals surface area contributed by atoms with Crippen molar-refractivity contribution in [3.05, 3.63) is 23.8 Å². The van der Waals surface area contributed by atoms with Crippen LogP contribution in [0.2, 0.25) is 0 Å². The fourth-order valence-corrected chi connectivity index (χ4v) is 6.36. The van der Waals surface area contributed by atoms with Gasteiger partial charge in [-0.05, 0) is 36.5 Å². The van der Waals surface area contributed by atoms with E-state index in [1.165, 1.54) is 141 Å². The van der Waals surface area contributed by atoms with Crippen LogP contribution in [0.1, 0.15) is 176 Å². The first-order valence-electron chi connectivity index (χ1n) is 15.4. The summed E-state index contributed by atoms with van der Waals surface area (Å²) in [5.74, 6) is 0. The highest BCUT2D eigenvalue weighted by Gasteiger charge is 2.45. The van der Waals surface area contributed by atoms with Crippen LogP contribution >= 0.6 is 0 Å². The van der Waals surface area contributed by atoms with Gasteiger partial charge in [0.15, 0.2) is 0 Å². The van der Waals surface area contributed by atoms with Gasteiger partial charge in [0, 0.05) is 0 Å². The lowest BCUT2D eigenvalue weighted by Gasteiger charge is -2.50. The molecule has 0 saturated heterocycles. The maximum Gasteiger partial charge on any atom is -0.00308 e. The van der Waals surface area contributed by atoms with Crippen molar-refractivity contribution in [3.8, 4) is 0 Å². The van der Waals surface area contributed by atoms with E-state index in [0.29, 0.717) is 10.8 Å². The van der Waals surface area contributed by atoms with Gasteiger partial charge in [-0.3, -0.25) is 0 Å². The van der Waals surface area contributed by atoms with Gasteiger partial charge in [0.25, 0.3) is 0 Å². The molecule has 0 saturated carbocycles. The first-order valence-corrected chi connectivity index (χ1v) is 15.4. The van der Waals surface area contributed by atoms with Crippen molar-refractivity contribution in [2.75, 3.05) is 0 Å². The summed E-state index contributed by atoms with van der Waals surface area (Å²) in [7, 11) is 0. The van der Waals surface area contributed by atoms with Gasteiger partial charge < -0.3 is 0 Å². The van der Waals surface area contributed by atoms with Crippen LogP contribution < -0.4 is 0 Å². The predicted octanol–water partition coefficient (Wildman–Crippen LogP) is 12.1. The fourth-order valence-electron chi connectivity index (χ4n) is 6.36. The molecule has 0 bridgehead atoms. The smallest absolute Gasteiger partial charge is 0.00308 e. The van der Waals surface area contributed by atoms with E-state index >= 15 is 0 Å². The quantitative estimate of drug-likeness (QED) is 0.133. The number of rotatable bonds is 23. The molecule has 0 aliphatic heterocycles. The van der Waals surface area contributed by atoms with Crippen LogP contribution in [0.3, 0.4) is 0 Å². The van der Waals surface area contributed by atoms with Crippen LogP contribution in [0.15, 0.2) is 23.8 Å². The Labute approximate surface area is 210 Å². The van der Waals surface area contributed by atoms with Gasteiger partial charge in [0.05, 0.1) is 0 Å². The minimum absolute atomic E-state index is 0.405. The van der Waals surface area contributed by atoms with Gasteiger partial charge in [-0.15, -0.1) is 0 Å². The zero-order valence-electron chi connectivity index (χ0n) is 23.8. The Morgan fingerprint density at radius 1 is 0.545 bits per heavy atom. The first-order chi connectivity index (χ1) is 16.0. The van der Waals surface area contributed by atoms with Crippen LogP contribution in [0.5, 0.6) is 0 Å². The van der Waals surface area contributed by atoms with E-state index in [1.807, 2.05) is 0 Å². The van der Waals surface area contributed by atoms with E-state index in [2.05, 4.69) is 52.8 Å². The third-order valence-electron chi connectivity index (χ3n) is 8.75. The normalized spacial score (nSPS) is 14.3. The average molecular weight is 459 g/mol. The summed E-state index contributed by atoms with van der Waals surface area (Å²) >= 11 is 0. The average Bonchev–Trinajstić information content (AvgIpc) is 3.34. The molecule has 0 heteroatoms. The van der Waals surface area contributed by atoms with Crippen LogP contribution in [-0.2, 0) is 0 Å². The molecule has 0 spiro atoms. The van der Waals surface area contributed by atoms with E-state index in [0.717, 1.165) is 0 Å². The topological polar surface area (TPSA) is 0 Å². The van der Waals surface area contributed by atoms with E-state index in [-0.39, 0.29) is 0 Å². The van der Waals surface area contributed by atoms with Crippen molar-refractivity contribution in [2.24, 2.45) is 10.8 Å². The SMILES string of the molecule is CCCCCCCCC(C)(C)C(CCCCCCCC)(CCCCCCCC)C1=CC=CC1. The first kappa shape index (κ1) is 30.5. The molecule has 0 fully saturated rings. The maximum absolute atomic E-state index is 2.65. The standard InChI is InChI=1S/C33H62/c1-6-9-12-15-18-23-28-32(4,5)33(31-26-21-22-27-31,29-24-19-16-13-10-7-2)30-25-20-17-14-11-8-3/h21-22,26H,6-20,23-25,27-30H2,1-5H3. The molecule has 0 radical (unpaired) electrons. The Morgan fingerprint density at radius 2 is 0.939 bits per heavy atom. The van der Waals surface area contributed by atoms with Crippen molar-refractivity contribution in [1.82, 2.24) is 0 Å². The summed E-state index contributed by atoms with van der Waals surface area (Å²) < 4.78 is 0. The lowest BCUT2D eigenvalue weighted by atomic mass is 9.55. The largest absolute Gasteiger partial charge is 0.0804 e. The molecule has 194 valence electrons. The summed E-state index contributed by atoms with van der Waals surface area (Å²) in [5, 5.41) is 0. The number of unbranched alkanes of at least 4 members (excludes halogenated alkanes) is 15. The van der Waals surface area contributed by atoms with Crippen LogP contribution in [0.4, 0.5) is 0 Å². The summed E-state index contributed by atoms with van der Waals surface area (Å²) in [6, 6.07) is 0. The second-order valence-corrected chi connectivity index (χ2v) is 11.8. The van der Waals surface area contributed by atoms with Crippen LogP contribution in [-0.4, -0.2) is 0 Å². The van der Waals surface area contributed by atoms with Gasteiger partial charge in [0.2, 0.25) is 0 Å². The minimum Gasteiger partial charge on any atom is -0.0804 e. The maximum atomic E-state index is 2.65. The molecule has 0 heterocycles. The zero-order chi connectivity index (χ0) is 24.3. The highest BCUT2D eigenvalue weighted by Crippen LogP contribution is 2.56. The predicted molar refractivity (Wildman–Crippen MR) is 152 cm³/mol. The lowest BCUT2D eigenvalue weighted by Crippen LogP contribution is -2.40. The van der Waals surface area contributed by atoms with Crippen LogP contribution in [0.25, 0.3) is 0 Å². The van der Waals surface area contributed by atoms with Crippen molar-refractivity contribution in [1.29, 1.82) is 0 Å². The van der Waals surface area contributed by atoms with Crippen molar-refractivity contribution >= 4 is 0 Å². The third-order valence-corrected chi connectivity index (χ3v) is 8.75. The molecular formula is C33H62. The monoisotopic (exact) mass is 458 g/mol. The highest BCUT2D eigenvalue weighted by atomic mass is 14.5. The van der Waals surface area contributed by atoms with Crippen molar-refractivity contribution < 1.29 is 0 Å². The van der Waals surface area contributed by atoms with Gasteiger partial charge in [0.1, 0.15) is 0 Å². The molecule has 33 heavy (non-hydrogen) atoms. The molecule has 1 aliphatic carbocycles. The highest BCUT2D eigenvalue weighted by molar-refractivity contribution is 5.31. The Morgan fingerprint density at radius 3 is 1.33 bits per heavy atom. The van der Waals surface area contributed by atoms with Crippen LogP contribution in [0, 0.1) is 10.8 Å². The van der Waals surface area contributed by atoms with E-state index in [9.17, 15) is 0 Å². The molecule has 1 rings (SSSR count). The molecule has 0 amide bonds. The van der Waals surface area contributed by atoms with Crippen molar-refractivity contribution in [2.45, 2.75) is 176 Å². The van der Waals surface area contributed by atoms with E-state index in [1.54, 1.807) is 5.57 Å². The Hall–Kier alpha value is -0.520. The van der Waals surface area contributed by atoms with Gasteiger partial charge >= 0.3 is 0 Å². The van der Waals surface area contributed by atoms with Gasteiger partial charge in [-0.2, -0.15) is 0 Å². The number of allylic oxidation sites excluding steroid dienone is 4. The summed E-state index contributed by atoms with van der Waals surface area (Å²) in [4.78, 5) is 0. The summed E-state index contributed by atoms with van der Waals surface area (Å²) in [5.41, 5.74) is 2.60. The minimum atomic E-state index is 0.405. The number of hydrogen-bond acceptors (Lipinski definition) is 0. The van der Waals surface area contributed by atoms with Crippen molar-refractivity contribution in [3.63, 3.8) is 0 Å². The summed E-state index contributed by atoms with van der Waals surface area (Å²) in [6.45, 7) is 12.3. The summed E-state index contributed by atoms with van der Waals surface area (Å²) in [6.07, 6.45) is 38.3. The zero-order valence-corrected chi connectivity index (χ0v) is 23.8. The molecule has 0 nitrogen and oxygen atoms in total. The molecule has 0 aromatic carbocycles. The fraction of sp³-hybridized carbons (Fsp3) is 0.879. The molecule has 1 aliphatic rings. The Bertz CT molecular complexity index is 490. The molecule has 0 unspecified atom stereocenters. The number of hydrogen-bond donors (Lipinski definition) is 0. The Balaban J connectivity index is 2.83. The Kier molecular flexibility index (Phi) is 17.3. The molecule has 0 N–H and O–H groups in total. The molecule has 0 atom stereocenters. The lowest BCUT2D eigenvalue weighted by molar-refractivity contribution is 0.0655. The molecular weight excluding hydrogens is 396 g/mol. The van der Waals surface area contributed by atoms with E-state index < -0.39 is 0 Å².